The average molecular weight is 263 g/mol. The van der Waals surface area contributed by atoms with Gasteiger partial charge in [0.2, 0.25) is 0 Å². The van der Waals surface area contributed by atoms with Crippen LogP contribution in [0.15, 0.2) is 0 Å². The molecule has 0 radical (unpaired) electrons. The lowest BCUT2D eigenvalue weighted by Crippen LogP contribution is -2.45. The first-order chi connectivity index (χ1) is 8.83. The summed E-state index contributed by atoms with van der Waals surface area (Å²) in [5.74, 6) is 0. The second-order valence-corrected chi connectivity index (χ2v) is 6.88. The van der Waals surface area contributed by atoms with Gasteiger partial charge in [-0.05, 0) is 39.0 Å². The second kappa shape index (κ2) is 5.28. The van der Waals surface area contributed by atoms with E-state index in [9.17, 15) is 0 Å². The third-order valence-electron chi connectivity index (χ3n) is 4.96. The molecule has 19 heavy (non-hydrogen) atoms. The van der Waals surface area contributed by atoms with Crippen LogP contribution in [0.25, 0.3) is 0 Å². The molecule has 3 nitrogen and oxygen atoms in total. The lowest BCUT2D eigenvalue weighted by molar-refractivity contribution is 0.157. The number of hydrogen-bond donors (Lipinski definition) is 1. The van der Waals surface area contributed by atoms with Crippen LogP contribution >= 0.6 is 0 Å². The third-order valence-corrected chi connectivity index (χ3v) is 4.96. The van der Waals surface area contributed by atoms with Crippen molar-refractivity contribution >= 4 is 0 Å². The van der Waals surface area contributed by atoms with Crippen LogP contribution in [0.1, 0.15) is 69.4 Å². The Morgan fingerprint density at radius 1 is 1.32 bits per heavy atom. The monoisotopic (exact) mass is 263 g/mol. The Hall–Kier alpha value is -0.830. The Morgan fingerprint density at radius 2 is 2.00 bits per heavy atom. The van der Waals surface area contributed by atoms with Crippen LogP contribution in [-0.4, -0.2) is 15.8 Å². The summed E-state index contributed by atoms with van der Waals surface area (Å²) in [6.07, 6.45) is 5.38. The van der Waals surface area contributed by atoms with Crippen LogP contribution < -0.4 is 5.32 Å². The third kappa shape index (κ3) is 2.86. The van der Waals surface area contributed by atoms with Crippen LogP contribution in [-0.2, 0) is 7.05 Å². The van der Waals surface area contributed by atoms with E-state index >= 15 is 0 Å². The Balaban J connectivity index is 2.14. The van der Waals surface area contributed by atoms with E-state index in [1.807, 2.05) is 11.7 Å². The maximum absolute atomic E-state index is 4.54. The van der Waals surface area contributed by atoms with Crippen LogP contribution in [0.5, 0.6) is 0 Å². The fourth-order valence-corrected chi connectivity index (χ4v) is 3.60. The summed E-state index contributed by atoms with van der Waals surface area (Å²) in [7, 11) is 2.03. The van der Waals surface area contributed by atoms with E-state index < -0.39 is 0 Å². The highest BCUT2D eigenvalue weighted by Crippen LogP contribution is 2.37. The normalized spacial score (nSPS) is 24.4. The lowest BCUT2D eigenvalue weighted by atomic mass is 9.73. The molecule has 0 saturated heterocycles. The van der Waals surface area contributed by atoms with E-state index in [0.29, 0.717) is 17.5 Å². The molecule has 1 aromatic heterocycles. The quantitative estimate of drug-likeness (QED) is 0.902. The summed E-state index contributed by atoms with van der Waals surface area (Å²) in [5.41, 5.74) is 4.24. The van der Waals surface area contributed by atoms with Gasteiger partial charge in [-0.25, -0.2) is 0 Å². The molecule has 108 valence electrons. The summed E-state index contributed by atoms with van der Waals surface area (Å²) < 4.78 is 1.99. The minimum absolute atomic E-state index is 0.385. The number of aryl methyl sites for hydroxylation is 2. The summed E-state index contributed by atoms with van der Waals surface area (Å²) in [4.78, 5) is 0. The molecular weight excluding hydrogens is 234 g/mol. The Morgan fingerprint density at radius 3 is 2.53 bits per heavy atom. The Bertz CT molecular complexity index is 445. The van der Waals surface area contributed by atoms with E-state index in [-0.39, 0.29) is 0 Å². The largest absolute Gasteiger partial charge is 0.307 e. The molecule has 1 aliphatic carbocycles. The molecule has 0 aromatic carbocycles. The van der Waals surface area contributed by atoms with Crippen molar-refractivity contribution in [2.45, 2.75) is 72.4 Å². The van der Waals surface area contributed by atoms with Gasteiger partial charge in [-0.3, -0.25) is 4.68 Å². The van der Waals surface area contributed by atoms with Crippen molar-refractivity contribution in [2.75, 3.05) is 0 Å². The van der Waals surface area contributed by atoms with Crippen molar-refractivity contribution in [1.29, 1.82) is 0 Å². The molecule has 1 N–H and O–H groups in total. The fourth-order valence-electron chi connectivity index (χ4n) is 3.60. The van der Waals surface area contributed by atoms with Crippen molar-refractivity contribution in [3.8, 4) is 0 Å². The van der Waals surface area contributed by atoms with E-state index in [2.05, 4.69) is 45.0 Å². The highest BCUT2D eigenvalue weighted by molar-refractivity contribution is 5.27. The van der Waals surface area contributed by atoms with E-state index in [1.54, 1.807) is 0 Å². The van der Waals surface area contributed by atoms with Gasteiger partial charge in [-0.15, -0.1) is 0 Å². The van der Waals surface area contributed by atoms with Gasteiger partial charge in [-0.2, -0.15) is 5.10 Å². The van der Waals surface area contributed by atoms with Gasteiger partial charge in [0.25, 0.3) is 0 Å². The first-order valence-corrected chi connectivity index (χ1v) is 7.59. The molecule has 0 amide bonds. The minimum atomic E-state index is 0.385. The number of nitrogens with one attached hydrogen (secondary N) is 1. The highest BCUT2D eigenvalue weighted by atomic mass is 15.3. The summed E-state index contributed by atoms with van der Waals surface area (Å²) >= 11 is 0. The standard InChI is InChI=1S/C16H29N3/c1-11(15-12(2)18-19(6)13(15)3)17-14-9-7-8-10-16(14,4)5/h11,14,17H,7-10H2,1-6H3. The van der Waals surface area contributed by atoms with Gasteiger partial charge >= 0.3 is 0 Å². The molecule has 2 rings (SSSR count). The maximum atomic E-state index is 4.54. The first-order valence-electron chi connectivity index (χ1n) is 7.59. The summed E-state index contributed by atoms with van der Waals surface area (Å²) in [5, 5.41) is 8.40. The average Bonchev–Trinajstić information content (AvgIpc) is 2.56. The molecule has 1 aliphatic rings. The maximum Gasteiger partial charge on any atom is 0.0644 e. The number of aromatic nitrogens is 2. The van der Waals surface area contributed by atoms with Gasteiger partial charge in [0.05, 0.1) is 5.69 Å². The van der Waals surface area contributed by atoms with Gasteiger partial charge in [0, 0.05) is 30.4 Å². The summed E-state index contributed by atoms with van der Waals surface area (Å²) in [6.45, 7) is 11.4. The van der Waals surface area contributed by atoms with E-state index in [0.717, 1.165) is 5.69 Å². The van der Waals surface area contributed by atoms with Gasteiger partial charge in [0.1, 0.15) is 0 Å². The molecule has 0 bridgehead atoms. The predicted molar refractivity (Wildman–Crippen MR) is 80.3 cm³/mol. The number of hydrogen-bond acceptors (Lipinski definition) is 2. The van der Waals surface area contributed by atoms with Crippen molar-refractivity contribution < 1.29 is 0 Å². The second-order valence-electron chi connectivity index (χ2n) is 6.88. The molecule has 2 atom stereocenters. The van der Waals surface area contributed by atoms with Crippen molar-refractivity contribution in [2.24, 2.45) is 12.5 Å². The topological polar surface area (TPSA) is 29.9 Å². The van der Waals surface area contributed by atoms with Crippen molar-refractivity contribution in [3.05, 3.63) is 17.0 Å². The van der Waals surface area contributed by atoms with Crippen LogP contribution in [0.2, 0.25) is 0 Å². The number of rotatable bonds is 3. The molecule has 1 heterocycles. The zero-order chi connectivity index (χ0) is 14.2. The predicted octanol–water partition coefficient (Wildman–Crippen LogP) is 3.66. The zero-order valence-electron chi connectivity index (χ0n) is 13.4. The van der Waals surface area contributed by atoms with E-state index in [4.69, 9.17) is 0 Å². The molecule has 0 spiro atoms. The van der Waals surface area contributed by atoms with Crippen LogP contribution in [0.3, 0.4) is 0 Å². The molecular formula is C16H29N3. The smallest absolute Gasteiger partial charge is 0.0644 e. The van der Waals surface area contributed by atoms with Crippen molar-refractivity contribution in [1.82, 2.24) is 15.1 Å². The van der Waals surface area contributed by atoms with Gasteiger partial charge in [0.15, 0.2) is 0 Å². The Kier molecular flexibility index (Phi) is 4.05. The molecule has 3 heteroatoms. The molecule has 0 aliphatic heterocycles. The van der Waals surface area contributed by atoms with Gasteiger partial charge in [-0.1, -0.05) is 26.7 Å². The lowest BCUT2D eigenvalue weighted by Gasteiger charge is -2.41. The first kappa shape index (κ1) is 14.6. The van der Waals surface area contributed by atoms with Crippen molar-refractivity contribution in [3.63, 3.8) is 0 Å². The highest BCUT2D eigenvalue weighted by Gasteiger charge is 2.33. The Labute approximate surface area is 117 Å². The molecule has 1 aromatic rings. The number of nitrogens with zero attached hydrogens (tertiary/aromatic N) is 2. The van der Waals surface area contributed by atoms with Crippen LogP contribution in [0, 0.1) is 19.3 Å². The minimum Gasteiger partial charge on any atom is -0.307 e. The molecule has 1 fully saturated rings. The summed E-state index contributed by atoms with van der Waals surface area (Å²) in [6, 6.07) is 1.01. The fraction of sp³-hybridized carbons (Fsp3) is 0.812. The van der Waals surface area contributed by atoms with E-state index in [1.165, 1.54) is 36.9 Å². The van der Waals surface area contributed by atoms with Gasteiger partial charge < -0.3 is 5.32 Å². The molecule has 1 saturated carbocycles. The SMILES string of the molecule is Cc1nn(C)c(C)c1C(C)NC1CCCCC1(C)C. The van der Waals surface area contributed by atoms with Crippen LogP contribution in [0.4, 0.5) is 0 Å². The zero-order valence-corrected chi connectivity index (χ0v) is 13.4. The molecule has 2 unspecified atom stereocenters.